The molecule has 4 aliphatic rings. The van der Waals surface area contributed by atoms with Crippen LogP contribution in [-0.2, 0) is 0 Å². The Balaban J connectivity index is 0.000000158. The van der Waals surface area contributed by atoms with E-state index in [2.05, 4.69) is 78.0 Å². The molecule has 0 radical (unpaired) electrons. The van der Waals surface area contributed by atoms with Gasteiger partial charge in [-0.25, -0.2) is 0 Å². The highest BCUT2D eigenvalue weighted by Crippen LogP contribution is 2.44. The molecule has 4 aromatic rings. The van der Waals surface area contributed by atoms with Gasteiger partial charge in [0.1, 0.15) is 0 Å². The number of fused-ring (bicyclic) bond motifs is 4. The minimum absolute atomic E-state index is 0. The number of benzene rings is 2. The van der Waals surface area contributed by atoms with E-state index >= 15 is 0 Å². The number of pyridine rings is 2. The molecular weight excluding hydrogens is 607 g/mol. The highest BCUT2D eigenvalue weighted by molar-refractivity contribution is 6.31. The number of nitrogens with one attached hydrogen (secondary N) is 1. The third kappa shape index (κ3) is 6.87. The lowest BCUT2D eigenvalue weighted by molar-refractivity contribution is 0.206. The molecule has 0 amide bonds. The van der Waals surface area contributed by atoms with E-state index in [4.69, 9.17) is 33.2 Å². The predicted molar refractivity (Wildman–Crippen MR) is 195 cm³/mol. The van der Waals surface area contributed by atoms with Crippen LogP contribution in [0.15, 0.2) is 73.1 Å². The van der Waals surface area contributed by atoms with Crippen LogP contribution in [0.4, 0.5) is 0 Å². The van der Waals surface area contributed by atoms with Crippen LogP contribution in [0.1, 0.15) is 89.7 Å². The van der Waals surface area contributed by atoms with Crippen LogP contribution in [-0.4, -0.2) is 48.1 Å². The van der Waals surface area contributed by atoms with Crippen LogP contribution < -0.4 is 5.32 Å². The molecule has 0 spiro atoms. The van der Waals surface area contributed by atoms with Crippen molar-refractivity contribution in [3.05, 3.63) is 128 Å². The van der Waals surface area contributed by atoms with Crippen molar-refractivity contribution in [2.24, 2.45) is 11.8 Å². The number of piperidine rings is 2. The minimum atomic E-state index is 0. The lowest BCUT2D eigenvalue weighted by Gasteiger charge is -2.35. The van der Waals surface area contributed by atoms with Gasteiger partial charge in [-0.1, -0.05) is 79.2 Å². The molecule has 2 saturated heterocycles. The Morgan fingerprint density at radius 1 is 0.630 bits per heavy atom. The quantitative estimate of drug-likeness (QED) is 0.234. The second-order valence-corrected chi connectivity index (χ2v) is 13.7. The Kier molecular flexibility index (Phi) is 10.4. The van der Waals surface area contributed by atoms with E-state index in [9.17, 15) is 0 Å². The van der Waals surface area contributed by atoms with E-state index in [1.165, 1.54) is 83.5 Å². The normalized spacial score (nSPS) is 20.8. The van der Waals surface area contributed by atoms with E-state index in [-0.39, 0.29) is 7.43 Å². The maximum Gasteiger partial charge on any atom is 0.0553 e. The molecule has 2 aromatic carbocycles. The molecule has 2 aliphatic heterocycles. The Bertz CT molecular complexity index is 1720. The molecule has 238 valence electrons. The zero-order valence-corrected chi connectivity index (χ0v) is 27.3. The molecule has 0 saturated carbocycles. The van der Waals surface area contributed by atoms with Gasteiger partial charge in [0.15, 0.2) is 0 Å². The summed E-state index contributed by atoms with van der Waals surface area (Å²) in [4.78, 5) is 12.0. The maximum atomic E-state index is 6.24. The molecule has 2 unspecified atom stereocenters. The number of likely N-dealkylation sites (tertiary alicyclic amines) is 1. The van der Waals surface area contributed by atoms with Crippen molar-refractivity contribution < 1.29 is 0 Å². The molecule has 6 heteroatoms. The molecular formula is C40H44Cl2N4. The van der Waals surface area contributed by atoms with Gasteiger partial charge in [0.2, 0.25) is 0 Å². The summed E-state index contributed by atoms with van der Waals surface area (Å²) in [7, 11) is 2.21. The minimum Gasteiger partial charge on any atom is -0.317 e. The number of hydrogen-bond donors (Lipinski definition) is 1. The fourth-order valence-electron chi connectivity index (χ4n) is 7.76. The van der Waals surface area contributed by atoms with Gasteiger partial charge in [0.05, 0.1) is 11.4 Å². The van der Waals surface area contributed by atoms with Crippen molar-refractivity contribution in [3.8, 4) is 0 Å². The van der Waals surface area contributed by atoms with Crippen LogP contribution in [0.2, 0.25) is 10.0 Å². The Hall–Kier alpha value is -3.28. The Morgan fingerprint density at radius 2 is 1.09 bits per heavy atom. The lowest BCUT2D eigenvalue weighted by atomic mass is 9.76. The van der Waals surface area contributed by atoms with Gasteiger partial charge in [-0.3, -0.25) is 9.97 Å². The summed E-state index contributed by atoms with van der Waals surface area (Å²) in [6, 6.07) is 21.0. The first kappa shape index (κ1) is 32.7. The molecule has 8 rings (SSSR count). The first-order valence-electron chi connectivity index (χ1n) is 16.3. The van der Waals surface area contributed by atoms with Gasteiger partial charge in [-0.15, -0.1) is 0 Å². The topological polar surface area (TPSA) is 41.1 Å². The first-order chi connectivity index (χ1) is 22.0. The van der Waals surface area contributed by atoms with Crippen molar-refractivity contribution in [1.82, 2.24) is 20.2 Å². The molecule has 2 atom stereocenters. The van der Waals surface area contributed by atoms with Gasteiger partial charge in [0.25, 0.3) is 0 Å². The molecule has 2 fully saturated rings. The van der Waals surface area contributed by atoms with Crippen LogP contribution in [0.5, 0.6) is 0 Å². The summed E-state index contributed by atoms with van der Waals surface area (Å²) in [6.07, 6.45) is 17.4. The summed E-state index contributed by atoms with van der Waals surface area (Å²) in [5.74, 6) is 2.00. The largest absolute Gasteiger partial charge is 0.317 e. The van der Waals surface area contributed by atoms with E-state index in [0.717, 1.165) is 23.1 Å². The van der Waals surface area contributed by atoms with Gasteiger partial charge >= 0.3 is 0 Å². The van der Waals surface area contributed by atoms with Crippen molar-refractivity contribution in [3.63, 3.8) is 0 Å². The van der Waals surface area contributed by atoms with E-state index in [0.29, 0.717) is 23.7 Å². The van der Waals surface area contributed by atoms with Crippen molar-refractivity contribution in [1.29, 1.82) is 0 Å². The molecule has 1 N–H and O–H groups in total. The van der Waals surface area contributed by atoms with Crippen molar-refractivity contribution >= 4 is 47.5 Å². The van der Waals surface area contributed by atoms with E-state index < -0.39 is 0 Å². The van der Waals surface area contributed by atoms with Crippen LogP contribution in [0.3, 0.4) is 0 Å². The van der Waals surface area contributed by atoms with Crippen molar-refractivity contribution in [2.75, 3.05) is 33.2 Å². The SMILES string of the molecule is C.CN1CCC(C2c3ccc(Cl)cc3C=Cc3cccnc32)CC1.Clc1ccc2c(c1)C=Cc1cccnc1C2C1CCNCC1. The van der Waals surface area contributed by atoms with E-state index in [1.807, 2.05) is 36.7 Å². The Labute approximate surface area is 284 Å². The molecule has 2 aliphatic carbocycles. The summed E-state index contributed by atoms with van der Waals surface area (Å²) >= 11 is 12.5. The standard InChI is InChI=1S/C20H21ClN2.C19H19ClN2.CH4/c1-23-11-8-14(9-12-23)19-18-7-6-17(21)13-16(18)5-4-15-3-2-10-22-20(15)19;20-16-5-6-17-15(12-16)4-3-14-2-1-9-22-19(14)18(17)13-7-10-21-11-8-13;/h2-7,10,13-14,19H,8-9,11-12H2,1H3;1-6,9,12-13,18,21H,7-8,10-11H2;1H4. The number of hydrogen-bond acceptors (Lipinski definition) is 4. The van der Waals surface area contributed by atoms with Crippen LogP contribution >= 0.6 is 23.2 Å². The monoisotopic (exact) mass is 650 g/mol. The molecule has 4 nitrogen and oxygen atoms in total. The highest BCUT2D eigenvalue weighted by atomic mass is 35.5. The van der Waals surface area contributed by atoms with E-state index in [1.54, 1.807) is 0 Å². The maximum absolute atomic E-state index is 6.24. The molecule has 4 heterocycles. The number of rotatable bonds is 2. The number of nitrogens with zero attached hydrogens (tertiary/aromatic N) is 3. The van der Waals surface area contributed by atoms with Crippen molar-refractivity contribution in [2.45, 2.75) is 44.9 Å². The average molecular weight is 652 g/mol. The predicted octanol–water partition coefficient (Wildman–Crippen LogP) is 9.68. The summed E-state index contributed by atoms with van der Waals surface area (Å²) < 4.78 is 0. The second kappa shape index (κ2) is 14.6. The van der Waals surface area contributed by atoms with Crippen LogP contribution in [0, 0.1) is 11.8 Å². The summed E-state index contributed by atoms with van der Waals surface area (Å²) in [6.45, 7) is 4.53. The average Bonchev–Trinajstić information content (AvgIpc) is 3.34. The first-order valence-corrected chi connectivity index (χ1v) is 17.0. The highest BCUT2D eigenvalue weighted by Gasteiger charge is 2.33. The smallest absolute Gasteiger partial charge is 0.0553 e. The van der Waals surface area contributed by atoms with Gasteiger partial charge < -0.3 is 10.2 Å². The third-order valence-electron chi connectivity index (χ3n) is 10.1. The summed E-state index contributed by atoms with van der Waals surface area (Å²) in [5, 5.41) is 5.07. The van der Waals surface area contributed by atoms with Gasteiger partial charge in [-0.05, 0) is 141 Å². The second-order valence-electron chi connectivity index (χ2n) is 12.9. The molecule has 0 bridgehead atoms. The van der Waals surface area contributed by atoms with Gasteiger partial charge in [0, 0.05) is 34.3 Å². The zero-order valence-electron chi connectivity index (χ0n) is 25.8. The number of halogens is 2. The third-order valence-corrected chi connectivity index (χ3v) is 10.5. The molecule has 2 aromatic heterocycles. The summed E-state index contributed by atoms with van der Waals surface area (Å²) in [5.41, 5.74) is 10.1. The lowest BCUT2D eigenvalue weighted by Crippen LogP contribution is -2.33. The number of aromatic nitrogens is 2. The fraction of sp³-hybridized carbons (Fsp3) is 0.350. The zero-order chi connectivity index (χ0) is 30.8. The fourth-order valence-corrected chi connectivity index (χ4v) is 8.12. The Morgan fingerprint density at radius 3 is 1.59 bits per heavy atom. The molecule has 46 heavy (non-hydrogen) atoms. The van der Waals surface area contributed by atoms with Crippen LogP contribution in [0.25, 0.3) is 24.3 Å². The van der Waals surface area contributed by atoms with Gasteiger partial charge in [-0.2, -0.15) is 0 Å².